The van der Waals surface area contributed by atoms with Crippen LogP contribution in [0.4, 0.5) is 5.69 Å². The number of hydrogen-bond acceptors (Lipinski definition) is 2. The van der Waals surface area contributed by atoms with Crippen molar-refractivity contribution in [2.24, 2.45) is 0 Å². The SMILES string of the molecule is CCc1ccc(Cl)c(CC)c1N1C=CC=C2SCCC21. The van der Waals surface area contributed by atoms with Crippen LogP contribution < -0.4 is 4.90 Å². The van der Waals surface area contributed by atoms with E-state index in [0.29, 0.717) is 6.04 Å². The quantitative estimate of drug-likeness (QED) is 0.756. The van der Waals surface area contributed by atoms with E-state index < -0.39 is 0 Å². The predicted molar refractivity (Wildman–Crippen MR) is 90.8 cm³/mol. The lowest BCUT2D eigenvalue weighted by molar-refractivity contribution is 0.747. The minimum atomic E-state index is 0.513. The highest BCUT2D eigenvalue weighted by atomic mass is 35.5. The first-order valence-electron chi connectivity index (χ1n) is 7.36. The fourth-order valence-electron chi connectivity index (χ4n) is 3.13. The van der Waals surface area contributed by atoms with Crippen molar-refractivity contribution in [1.29, 1.82) is 0 Å². The van der Waals surface area contributed by atoms with Gasteiger partial charge in [-0.2, -0.15) is 0 Å². The van der Waals surface area contributed by atoms with E-state index in [0.717, 1.165) is 17.9 Å². The first kappa shape index (κ1) is 14.1. The first-order chi connectivity index (χ1) is 9.76. The molecule has 1 aromatic carbocycles. The lowest BCUT2D eigenvalue weighted by Crippen LogP contribution is -2.32. The molecule has 1 aromatic rings. The lowest BCUT2D eigenvalue weighted by Gasteiger charge is -2.34. The monoisotopic (exact) mass is 305 g/mol. The molecule has 0 N–H and O–H groups in total. The number of hydrogen-bond donors (Lipinski definition) is 0. The molecule has 20 heavy (non-hydrogen) atoms. The molecule has 2 heterocycles. The van der Waals surface area contributed by atoms with Crippen LogP contribution in [0.15, 0.2) is 35.4 Å². The molecule has 0 aromatic heterocycles. The third-order valence-corrected chi connectivity index (χ3v) is 5.67. The topological polar surface area (TPSA) is 3.24 Å². The van der Waals surface area contributed by atoms with Crippen LogP contribution in [0.3, 0.4) is 0 Å². The molecule has 1 atom stereocenters. The molecular weight excluding hydrogens is 286 g/mol. The fraction of sp³-hybridized carbons (Fsp3) is 0.412. The van der Waals surface area contributed by atoms with Crippen molar-refractivity contribution in [1.82, 2.24) is 0 Å². The Morgan fingerprint density at radius 3 is 2.90 bits per heavy atom. The Morgan fingerprint density at radius 2 is 2.15 bits per heavy atom. The molecular formula is C17H20ClNS. The van der Waals surface area contributed by atoms with Gasteiger partial charge in [0.25, 0.3) is 0 Å². The zero-order valence-corrected chi connectivity index (χ0v) is 13.6. The highest BCUT2D eigenvalue weighted by molar-refractivity contribution is 8.03. The van der Waals surface area contributed by atoms with Gasteiger partial charge in [-0.1, -0.05) is 31.5 Å². The number of nitrogens with zero attached hydrogens (tertiary/aromatic N) is 1. The molecule has 3 rings (SSSR count). The van der Waals surface area contributed by atoms with Crippen LogP contribution in [0.25, 0.3) is 0 Å². The number of anilines is 1. The van der Waals surface area contributed by atoms with Crippen LogP contribution in [0.5, 0.6) is 0 Å². The molecule has 1 fully saturated rings. The fourth-order valence-corrected chi connectivity index (χ4v) is 4.59. The molecule has 1 nitrogen and oxygen atoms in total. The van der Waals surface area contributed by atoms with Gasteiger partial charge in [0.2, 0.25) is 0 Å². The standard InChI is InChI=1S/C17H20ClNS/c1-3-12-7-8-14(18)13(4-2)17(12)19-10-5-6-16-15(19)9-11-20-16/h5-8,10,15H,3-4,9,11H2,1-2H3. The molecule has 0 amide bonds. The van der Waals surface area contributed by atoms with Crippen LogP contribution in [0, 0.1) is 0 Å². The highest BCUT2D eigenvalue weighted by Gasteiger charge is 2.30. The van der Waals surface area contributed by atoms with Crippen molar-refractivity contribution in [2.45, 2.75) is 39.2 Å². The predicted octanol–water partition coefficient (Wildman–Crippen LogP) is 5.19. The smallest absolute Gasteiger partial charge is 0.0652 e. The molecule has 106 valence electrons. The molecule has 2 aliphatic rings. The van der Waals surface area contributed by atoms with Crippen LogP contribution >= 0.6 is 23.4 Å². The van der Waals surface area contributed by atoms with Gasteiger partial charge in [-0.3, -0.25) is 0 Å². The van der Waals surface area contributed by atoms with E-state index in [9.17, 15) is 0 Å². The Labute approximate surface area is 130 Å². The molecule has 0 spiro atoms. The normalized spacial score (nSPS) is 21.1. The van der Waals surface area contributed by atoms with Gasteiger partial charge in [0.1, 0.15) is 0 Å². The summed E-state index contributed by atoms with van der Waals surface area (Å²) in [6, 6.07) is 4.75. The van der Waals surface area contributed by atoms with Gasteiger partial charge >= 0.3 is 0 Å². The third kappa shape index (κ3) is 2.29. The van der Waals surface area contributed by atoms with E-state index >= 15 is 0 Å². The van der Waals surface area contributed by atoms with Gasteiger partial charge in [-0.15, -0.1) is 11.8 Å². The molecule has 0 saturated carbocycles. The molecule has 0 radical (unpaired) electrons. The summed E-state index contributed by atoms with van der Waals surface area (Å²) < 4.78 is 0. The number of fused-ring (bicyclic) bond motifs is 1. The van der Waals surface area contributed by atoms with Crippen molar-refractivity contribution in [3.63, 3.8) is 0 Å². The van der Waals surface area contributed by atoms with Crippen molar-refractivity contribution in [2.75, 3.05) is 10.7 Å². The average Bonchev–Trinajstić information content (AvgIpc) is 2.95. The Hall–Kier alpha value is -0.860. The Kier molecular flexibility index (Phi) is 4.13. The van der Waals surface area contributed by atoms with Gasteiger partial charge in [-0.25, -0.2) is 0 Å². The van der Waals surface area contributed by atoms with Crippen LogP contribution in [-0.4, -0.2) is 11.8 Å². The Morgan fingerprint density at radius 1 is 1.30 bits per heavy atom. The van der Waals surface area contributed by atoms with Gasteiger partial charge in [0, 0.05) is 27.6 Å². The van der Waals surface area contributed by atoms with Gasteiger partial charge < -0.3 is 4.90 Å². The largest absolute Gasteiger partial charge is 0.339 e. The minimum Gasteiger partial charge on any atom is -0.339 e. The summed E-state index contributed by atoms with van der Waals surface area (Å²) >= 11 is 8.44. The van der Waals surface area contributed by atoms with Crippen LogP contribution in [-0.2, 0) is 12.8 Å². The number of rotatable bonds is 3. The Balaban J connectivity index is 2.11. The minimum absolute atomic E-state index is 0.513. The summed E-state index contributed by atoms with van der Waals surface area (Å²) in [6.45, 7) is 4.41. The van der Waals surface area contributed by atoms with E-state index in [4.69, 9.17) is 11.6 Å². The highest BCUT2D eigenvalue weighted by Crippen LogP contribution is 2.42. The molecule has 0 aliphatic carbocycles. The number of halogens is 1. The summed E-state index contributed by atoms with van der Waals surface area (Å²) in [5.41, 5.74) is 4.03. The summed E-state index contributed by atoms with van der Waals surface area (Å²) in [6.07, 6.45) is 9.91. The molecule has 1 saturated heterocycles. The van der Waals surface area contributed by atoms with Crippen molar-refractivity contribution in [3.8, 4) is 0 Å². The second-order valence-corrected chi connectivity index (χ2v) is 6.79. The summed E-state index contributed by atoms with van der Waals surface area (Å²) in [4.78, 5) is 3.95. The van der Waals surface area contributed by atoms with Crippen molar-refractivity contribution in [3.05, 3.63) is 51.5 Å². The molecule has 3 heteroatoms. The summed E-state index contributed by atoms with van der Waals surface area (Å²) in [5.74, 6) is 1.22. The van der Waals surface area contributed by atoms with E-state index in [1.165, 1.54) is 33.9 Å². The maximum absolute atomic E-state index is 6.45. The summed E-state index contributed by atoms with van der Waals surface area (Å²) in [7, 11) is 0. The number of thioether (sulfide) groups is 1. The number of benzene rings is 1. The molecule has 0 bridgehead atoms. The van der Waals surface area contributed by atoms with Crippen molar-refractivity contribution >= 4 is 29.1 Å². The van der Waals surface area contributed by atoms with Gasteiger partial charge in [-0.05, 0) is 48.6 Å². The van der Waals surface area contributed by atoms with Gasteiger partial charge in [0.05, 0.1) is 6.04 Å². The number of aryl methyl sites for hydroxylation is 1. The maximum atomic E-state index is 6.45. The average molecular weight is 306 g/mol. The van der Waals surface area contributed by atoms with Crippen molar-refractivity contribution < 1.29 is 0 Å². The molecule has 1 unspecified atom stereocenters. The second-order valence-electron chi connectivity index (χ2n) is 5.21. The first-order valence-corrected chi connectivity index (χ1v) is 8.72. The second kappa shape index (κ2) is 5.87. The van der Waals surface area contributed by atoms with E-state index in [1.54, 1.807) is 0 Å². The lowest BCUT2D eigenvalue weighted by atomic mass is 9.99. The van der Waals surface area contributed by atoms with E-state index in [1.807, 2.05) is 11.8 Å². The number of allylic oxidation sites excluding steroid dienone is 2. The third-order valence-electron chi connectivity index (χ3n) is 4.13. The van der Waals surface area contributed by atoms with Crippen LogP contribution in [0.2, 0.25) is 5.02 Å². The molecule has 2 aliphatic heterocycles. The van der Waals surface area contributed by atoms with E-state index in [-0.39, 0.29) is 0 Å². The van der Waals surface area contributed by atoms with Crippen LogP contribution in [0.1, 0.15) is 31.4 Å². The Bertz CT molecular complexity index is 577. The van der Waals surface area contributed by atoms with Gasteiger partial charge in [0.15, 0.2) is 0 Å². The maximum Gasteiger partial charge on any atom is 0.0652 e. The summed E-state index contributed by atoms with van der Waals surface area (Å²) in [5, 5.41) is 0.898. The zero-order valence-electron chi connectivity index (χ0n) is 12.0. The zero-order chi connectivity index (χ0) is 14.1. The van der Waals surface area contributed by atoms with E-state index in [2.05, 4.69) is 49.2 Å².